The van der Waals surface area contributed by atoms with E-state index in [0.717, 1.165) is 45.7 Å². The Morgan fingerprint density at radius 1 is 1.24 bits per heavy atom. The fourth-order valence-corrected chi connectivity index (χ4v) is 3.76. The van der Waals surface area contributed by atoms with E-state index < -0.39 is 5.76 Å². The van der Waals surface area contributed by atoms with Gasteiger partial charge in [-0.15, -0.1) is 12.4 Å². The third kappa shape index (κ3) is 3.19. The number of halogens is 1. The van der Waals surface area contributed by atoms with E-state index >= 15 is 0 Å². The van der Waals surface area contributed by atoms with Crippen molar-refractivity contribution < 1.29 is 9.21 Å². The summed E-state index contributed by atoms with van der Waals surface area (Å²) in [6.07, 6.45) is 1.00. The number of aryl methyl sites for hydroxylation is 1. The summed E-state index contributed by atoms with van der Waals surface area (Å²) in [7, 11) is 1.65. The molecule has 25 heavy (non-hydrogen) atoms. The van der Waals surface area contributed by atoms with Gasteiger partial charge >= 0.3 is 5.76 Å². The van der Waals surface area contributed by atoms with Crippen LogP contribution >= 0.6 is 12.4 Å². The van der Waals surface area contributed by atoms with Crippen LogP contribution in [-0.2, 0) is 7.05 Å². The van der Waals surface area contributed by atoms with E-state index in [2.05, 4.69) is 10.2 Å². The van der Waals surface area contributed by atoms with Gasteiger partial charge in [-0.25, -0.2) is 4.79 Å². The quantitative estimate of drug-likeness (QED) is 0.846. The molecule has 0 bridgehead atoms. The molecule has 0 spiro atoms. The van der Waals surface area contributed by atoms with E-state index in [4.69, 9.17) is 4.42 Å². The summed E-state index contributed by atoms with van der Waals surface area (Å²) in [5.74, 6) is -0.488. The maximum absolute atomic E-state index is 12.9. The zero-order chi connectivity index (χ0) is 16.7. The van der Waals surface area contributed by atoms with Gasteiger partial charge in [0, 0.05) is 52.4 Å². The van der Waals surface area contributed by atoms with Crippen LogP contribution in [0.4, 0.5) is 0 Å². The lowest BCUT2D eigenvalue weighted by atomic mass is 10.1. The van der Waals surface area contributed by atoms with Gasteiger partial charge in [0.25, 0.3) is 5.91 Å². The Bertz CT molecular complexity index is 825. The van der Waals surface area contributed by atoms with Crippen LogP contribution in [0.2, 0.25) is 0 Å². The molecule has 2 fully saturated rings. The van der Waals surface area contributed by atoms with Crippen molar-refractivity contribution in [1.29, 1.82) is 0 Å². The van der Waals surface area contributed by atoms with Crippen LogP contribution in [-0.4, -0.2) is 65.6 Å². The molecule has 7 nitrogen and oxygen atoms in total. The molecule has 0 saturated carbocycles. The normalized spacial score (nSPS) is 21.5. The SMILES string of the molecule is Cl.Cn1c(=O)oc2c(C(=O)N3CCC(N4CCNCC4)C3)cccc21. The molecule has 1 unspecified atom stereocenters. The molecule has 2 aliphatic rings. The monoisotopic (exact) mass is 366 g/mol. The molecule has 2 aliphatic heterocycles. The summed E-state index contributed by atoms with van der Waals surface area (Å²) >= 11 is 0. The maximum atomic E-state index is 12.9. The Labute approximate surface area is 152 Å². The van der Waals surface area contributed by atoms with Gasteiger partial charge < -0.3 is 14.6 Å². The minimum atomic E-state index is -0.439. The largest absolute Gasteiger partial charge is 0.419 e. The Balaban J connectivity index is 0.00000182. The van der Waals surface area contributed by atoms with Crippen LogP contribution in [0.3, 0.4) is 0 Å². The summed E-state index contributed by atoms with van der Waals surface area (Å²) in [5, 5.41) is 3.36. The number of likely N-dealkylation sites (tertiary alicyclic amines) is 1. The number of oxazole rings is 1. The molecular formula is C17H23ClN4O3. The first-order valence-electron chi connectivity index (χ1n) is 8.48. The average Bonchev–Trinajstić information content (AvgIpc) is 3.21. The molecule has 2 aromatic rings. The lowest BCUT2D eigenvalue weighted by Gasteiger charge is -2.32. The topological polar surface area (TPSA) is 70.7 Å². The number of nitrogens with zero attached hydrogens (tertiary/aromatic N) is 3. The van der Waals surface area contributed by atoms with Crippen molar-refractivity contribution in [2.24, 2.45) is 7.05 Å². The number of para-hydroxylation sites is 1. The molecule has 1 aromatic carbocycles. The molecule has 1 amide bonds. The van der Waals surface area contributed by atoms with Crippen molar-refractivity contribution in [1.82, 2.24) is 19.7 Å². The van der Waals surface area contributed by atoms with Gasteiger partial charge in [-0.05, 0) is 18.6 Å². The van der Waals surface area contributed by atoms with E-state index in [1.54, 1.807) is 25.2 Å². The van der Waals surface area contributed by atoms with Gasteiger partial charge in [-0.3, -0.25) is 14.3 Å². The smallest absolute Gasteiger partial charge is 0.407 e. The number of carbonyl (C=O) groups is 1. The molecule has 0 aliphatic carbocycles. The van der Waals surface area contributed by atoms with Gasteiger partial charge in [0.15, 0.2) is 5.58 Å². The molecule has 1 aromatic heterocycles. The van der Waals surface area contributed by atoms with Crippen molar-refractivity contribution in [2.45, 2.75) is 12.5 Å². The summed E-state index contributed by atoms with van der Waals surface area (Å²) in [5.41, 5.74) is 1.52. The van der Waals surface area contributed by atoms with Crippen molar-refractivity contribution in [3.8, 4) is 0 Å². The van der Waals surface area contributed by atoms with Crippen molar-refractivity contribution in [3.05, 3.63) is 34.3 Å². The van der Waals surface area contributed by atoms with Crippen LogP contribution in [0.15, 0.2) is 27.4 Å². The van der Waals surface area contributed by atoms with Gasteiger partial charge in [-0.2, -0.15) is 0 Å². The van der Waals surface area contributed by atoms with Crippen LogP contribution in [0, 0.1) is 0 Å². The summed E-state index contributed by atoms with van der Waals surface area (Å²) < 4.78 is 6.73. The third-order valence-electron chi connectivity index (χ3n) is 5.17. The highest BCUT2D eigenvalue weighted by Crippen LogP contribution is 2.23. The number of rotatable bonds is 2. The van der Waals surface area contributed by atoms with E-state index in [9.17, 15) is 9.59 Å². The zero-order valence-electron chi connectivity index (χ0n) is 14.2. The van der Waals surface area contributed by atoms with E-state index in [1.807, 2.05) is 4.90 Å². The average molecular weight is 367 g/mol. The minimum Gasteiger partial charge on any atom is -0.407 e. The number of hydrogen-bond acceptors (Lipinski definition) is 5. The molecule has 2 saturated heterocycles. The van der Waals surface area contributed by atoms with Crippen molar-refractivity contribution >= 4 is 29.4 Å². The Morgan fingerprint density at radius 3 is 2.76 bits per heavy atom. The molecule has 3 heterocycles. The Kier molecular flexibility index (Phi) is 5.17. The third-order valence-corrected chi connectivity index (χ3v) is 5.17. The van der Waals surface area contributed by atoms with Gasteiger partial charge in [0.2, 0.25) is 0 Å². The maximum Gasteiger partial charge on any atom is 0.419 e. The number of fused-ring (bicyclic) bond motifs is 1. The number of aromatic nitrogens is 1. The number of piperazine rings is 1. The van der Waals surface area contributed by atoms with Crippen molar-refractivity contribution in [2.75, 3.05) is 39.3 Å². The van der Waals surface area contributed by atoms with Crippen LogP contribution in [0.25, 0.3) is 11.1 Å². The molecule has 1 atom stereocenters. The molecule has 0 radical (unpaired) electrons. The summed E-state index contributed by atoms with van der Waals surface area (Å²) in [6, 6.07) is 5.77. The van der Waals surface area contributed by atoms with Gasteiger partial charge in [0.05, 0.1) is 11.1 Å². The number of hydrogen-bond donors (Lipinski definition) is 1. The lowest BCUT2D eigenvalue weighted by molar-refractivity contribution is 0.0774. The molecule has 8 heteroatoms. The number of nitrogens with one attached hydrogen (secondary N) is 1. The van der Waals surface area contributed by atoms with Gasteiger partial charge in [0.1, 0.15) is 0 Å². The highest BCUT2D eigenvalue weighted by molar-refractivity contribution is 6.04. The lowest BCUT2D eigenvalue weighted by Crippen LogP contribution is -2.49. The minimum absolute atomic E-state index is 0. The highest BCUT2D eigenvalue weighted by Gasteiger charge is 2.32. The Morgan fingerprint density at radius 2 is 2.00 bits per heavy atom. The number of benzene rings is 1. The number of amides is 1. The first kappa shape index (κ1) is 18.0. The summed E-state index contributed by atoms with van der Waals surface area (Å²) in [6.45, 7) is 5.59. The van der Waals surface area contributed by atoms with Crippen LogP contribution in [0.1, 0.15) is 16.8 Å². The summed E-state index contributed by atoms with van der Waals surface area (Å²) in [4.78, 5) is 29.0. The first-order chi connectivity index (χ1) is 11.6. The predicted octanol–water partition coefficient (Wildman–Crippen LogP) is 0.673. The second kappa shape index (κ2) is 7.19. The molecule has 1 N–H and O–H groups in total. The predicted molar refractivity (Wildman–Crippen MR) is 97.5 cm³/mol. The molecule has 4 rings (SSSR count). The molecule has 136 valence electrons. The first-order valence-corrected chi connectivity index (χ1v) is 8.48. The second-order valence-electron chi connectivity index (χ2n) is 6.56. The van der Waals surface area contributed by atoms with Crippen LogP contribution < -0.4 is 11.1 Å². The zero-order valence-corrected chi connectivity index (χ0v) is 15.1. The van der Waals surface area contributed by atoms with Gasteiger partial charge in [-0.1, -0.05) is 6.07 Å². The van der Waals surface area contributed by atoms with Crippen LogP contribution in [0.5, 0.6) is 0 Å². The van der Waals surface area contributed by atoms with E-state index in [-0.39, 0.29) is 18.3 Å². The standard InChI is InChI=1S/C17H22N4O3.ClH/c1-19-14-4-2-3-13(15(14)24-17(19)23)16(22)21-8-5-12(11-21)20-9-6-18-7-10-20;/h2-4,12,18H,5-11H2,1H3;1H. The number of carbonyl (C=O) groups excluding carboxylic acids is 1. The highest BCUT2D eigenvalue weighted by atomic mass is 35.5. The fraction of sp³-hybridized carbons (Fsp3) is 0.529. The van der Waals surface area contributed by atoms with E-state index in [0.29, 0.717) is 22.7 Å². The second-order valence-corrected chi connectivity index (χ2v) is 6.56. The Hall–Kier alpha value is -1.83. The van der Waals surface area contributed by atoms with Crippen molar-refractivity contribution in [3.63, 3.8) is 0 Å². The molecular weight excluding hydrogens is 344 g/mol. The van der Waals surface area contributed by atoms with E-state index in [1.165, 1.54) is 4.57 Å². The fourth-order valence-electron chi connectivity index (χ4n) is 3.76.